The largest absolute Gasteiger partial charge is 0.433 e. The van der Waals surface area contributed by atoms with E-state index in [0.29, 0.717) is 5.56 Å². The lowest BCUT2D eigenvalue weighted by Crippen LogP contribution is -1.98. The van der Waals surface area contributed by atoms with Crippen LogP contribution in [0.25, 0.3) is 0 Å². The van der Waals surface area contributed by atoms with Gasteiger partial charge in [0.05, 0.1) is 0 Å². The highest BCUT2D eigenvalue weighted by molar-refractivity contribution is 5.32. The molecule has 1 aromatic heterocycles. The summed E-state index contributed by atoms with van der Waals surface area (Å²) in [4.78, 5) is 3.67. The van der Waals surface area contributed by atoms with Crippen LogP contribution in [0.3, 0.4) is 0 Å². The molecule has 5 heteroatoms. The van der Waals surface area contributed by atoms with Crippen molar-refractivity contribution in [2.45, 2.75) is 6.54 Å². The van der Waals surface area contributed by atoms with E-state index in [1.807, 2.05) is 0 Å². The maximum Gasteiger partial charge on any atom is 0.255 e. The predicted molar refractivity (Wildman–Crippen MR) is 58.6 cm³/mol. The van der Waals surface area contributed by atoms with E-state index < -0.39 is 11.6 Å². The van der Waals surface area contributed by atoms with Crippen molar-refractivity contribution < 1.29 is 13.5 Å². The molecule has 0 saturated carbocycles. The fraction of sp³-hybridized carbons (Fsp3) is 0.0833. The third-order valence-electron chi connectivity index (χ3n) is 2.16. The van der Waals surface area contributed by atoms with Crippen LogP contribution in [0.5, 0.6) is 11.6 Å². The highest BCUT2D eigenvalue weighted by Gasteiger charge is 2.09. The second-order valence-electron chi connectivity index (χ2n) is 3.36. The van der Waals surface area contributed by atoms with Crippen LogP contribution in [-0.4, -0.2) is 4.98 Å². The predicted octanol–water partition coefficient (Wildman–Crippen LogP) is 2.61. The quantitative estimate of drug-likeness (QED) is 0.891. The molecule has 0 amide bonds. The average Bonchev–Trinajstić information content (AvgIpc) is 2.34. The van der Waals surface area contributed by atoms with Crippen LogP contribution >= 0.6 is 0 Å². The average molecular weight is 236 g/mol. The smallest absolute Gasteiger partial charge is 0.255 e. The Morgan fingerprint density at radius 2 is 2.00 bits per heavy atom. The maximum absolute atomic E-state index is 13.5. The number of pyridine rings is 1. The Kier molecular flexibility index (Phi) is 3.30. The molecule has 0 radical (unpaired) electrons. The Balaban J connectivity index is 2.28. The maximum atomic E-state index is 13.5. The van der Waals surface area contributed by atoms with Crippen LogP contribution in [0.2, 0.25) is 0 Å². The Bertz CT molecular complexity index is 532. The minimum absolute atomic E-state index is 0.0835. The summed E-state index contributed by atoms with van der Waals surface area (Å²) in [6, 6.07) is 6.87. The van der Waals surface area contributed by atoms with Gasteiger partial charge in [0, 0.05) is 12.7 Å². The van der Waals surface area contributed by atoms with Gasteiger partial charge in [0.25, 0.3) is 5.88 Å². The monoisotopic (exact) mass is 236 g/mol. The summed E-state index contributed by atoms with van der Waals surface area (Å²) in [5.41, 5.74) is 6.00. The molecule has 1 aromatic carbocycles. The van der Waals surface area contributed by atoms with Crippen LogP contribution in [0, 0.1) is 11.6 Å². The fourth-order valence-corrected chi connectivity index (χ4v) is 1.30. The van der Waals surface area contributed by atoms with Gasteiger partial charge in [-0.1, -0.05) is 6.07 Å². The molecule has 0 atom stereocenters. The van der Waals surface area contributed by atoms with Crippen LogP contribution in [0.1, 0.15) is 5.56 Å². The molecule has 2 rings (SSSR count). The molecule has 17 heavy (non-hydrogen) atoms. The third-order valence-corrected chi connectivity index (χ3v) is 2.16. The van der Waals surface area contributed by atoms with Gasteiger partial charge in [-0.05, 0) is 29.8 Å². The number of hydrogen-bond acceptors (Lipinski definition) is 3. The normalized spacial score (nSPS) is 10.3. The summed E-state index contributed by atoms with van der Waals surface area (Å²) in [7, 11) is 0. The first-order valence-electron chi connectivity index (χ1n) is 4.97. The minimum atomic E-state index is -0.644. The summed E-state index contributed by atoms with van der Waals surface area (Å²) >= 11 is 0. The van der Waals surface area contributed by atoms with Gasteiger partial charge in [-0.3, -0.25) is 0 Å². The lowest BCUT2D eigenvalue weighted by Gasteiger charge is -2.07. The summed E-state index contributed by atoms with van der Waals surface area (Å²) in [5, 5.41) is 0. The standard InChI is InChI=1S/C12H10F2N2O/c13-9-2-1-5-16-12(9)17-11-4-3-8(7-15)6-10(11)14/h1-6H,7,15H2. The first-order valence-corrected chi connectivity index (χ1v) is 4.97. The van der Waals surface area contributed by atoms with Crippen molar-refractivity contribution in [3.63, 3.8) is 0 Å². The molecular weight excluding hydrogens is 226 g/mol. The number of ether oxygens (including phenoxy) is 1. The summed E-state index contributed by atoms with van der Waals surface area (Å²) in [6.07, 6.45) is 1.37. The molecule has 0 aliphatic rings. The first kappa shape index (κ1) is 11.5. The highest BCUT2D eigenvalue weighted by Crippen LogP contribution is 2.25. The van der Waals surface area contributed by atoms with Gasteiger partial charge in [-0.2, -0.15) is 0 Å². The van der Waals surface area contributed by atoms with Gasteiger partial charge >= 0.3 is 0 Å². The number of rotatable bonds is 3. The van der Waals surface area contributed by atoms with Crippen LogP contribution in [0.4, 0.5) is 8.78 Å². The molecule has 2 N–H and O–H groups in total. The van der Waals surface area contributed by atoms with E-state index in [0.717, 1.165) is 0 Å². The molecule has 3 nitrogen and oxygen atoms in total. The summed E-state index contributed by atoms with van der Waals surface area (Å²) in [6.45, 7) is 0.231. The van der Waals surface area contributed by atoms with E-state index in [9.17, 15) is 8.78 Å². The molecule has 0 unspecified atom stereocenters. The molecule has 0 saturated heterocycles. The Morgan fingerprint density at radius 3 is 2.65 bits per heavy atom. The van der Waals surface area contributed by atoms with Gasteiger partial charge < -0.3 is 10.5 Å². The van der Waals surface area contributed by atoms with Crippen molar-refractivity contribution in [3.8, 4) is 11.6 Å². The number of halogens is 2. The van der Waals surface area contributed by atoms with Crippen molar-refractivity contribution in [1.82, 2.24) is 4.98 Å². The zero-order chi connectivity index (χ0) is 12.3. The van der Waals surface area contributed by atoms with E-state index in [-0.39, 0.29) is 18.2 Å². The van der Waals surface area contributed by atoms with Crippen molar-refractivity contribution in [1.29, 1.82) is 0 Å². The first-order chi connectivity index (χ1) is 8.20. The Hall–Kier alpha value is -2.01. The lowest BCUT2D eigenvalue weighted by atomic mass is 10.2. The van der Waals surface area contributed by atoms with Crippen molar-refractivity contribution in [2.75, 3.05) is 0 Å². The van der Waals surface area contributed by atoms with Gasteiger partial charge in [0.15, 0.2) is 17.4 Å². The van der Waals surface area contributed by atoms with Gasteiger partial charge in [-0.25, -0.2) is 13.8 Å². The topological polar surface area (TPSA) is 48.1 Å². The zero-order valence-corrected chi connectivity index (χ0v) is 8.86. The van der Waals surface area contributed by atoms with Gasteiger partial charge in [-0.15, -0.1) is 0 Å². The van der Waals surface area contributed by atoms with Gasteiger partial charge in [0.2, 0.25) is 0 Å². The number of benzene rings is 1. The second kappa shape index (κ2) is 4.88. The molecule has 1 heterocycles. The highest BCUT2D eigenvalue weighted by atomic mass is 19.1. The number of nitrogens with zero attached hydrogens (tertiary/aromatic N) is 1. The van der Waals surface area contributed by atoms with Crippen molar-refractivity contribution >= 4 is 0 Å². The van der Waals surface area contributed by atoms with Crippen molar-refractivity contribution in [3.05, 3.63) is 53.7 Å². The molecule has 0 spiro atoms. The SMILES string of the molecule is NCc1ccc(Oc2ncccc2F)c(F)c1. The third kappa shape index (κ3) is 2.57. The van der Waals surface area contributed by atoms with Crippen LogP contribution in [-0.2, 0) is 6.54 Å². The minimum Gasteiger partial charge on any atom is -0.433 e. The van der Waals surface area contributed by atoms with E-state index in [2.05, 4.69) is 4.98 Å². The van der Waals surface area contributed by atoms with E-state index in [1.54, 1.807) is 6.07 Å². The number of nitrogens with two attached hydrogens (primary N) is 1. The second-order valence-corrected chi connectivity index (χ2v) is 3.36. The van der Waals surface area contributed by atoms with E-state index in [1.165, 1.54) is 30.5 Å². The lowest BCUT2D eigenvalue weighted by molar-refractivity contribution is 0.398. The molecule has 88 valence electrons. The summed E-state index contributed by atoms with van der Waals surface area (Å²) in [5.74, 6) is -1.58. The van der Waals surface area contributed by atoms with Crippen LogP contribution < -0.4 is 10.5 Å². The molecule has 2 aromatic rings. The Morgan fingerprint density at radius 1 is 1.18 bits per heavy atom. The van der Waals surface area contributed by atoms with Gasteiger partial charge in [0.1, 0.15) is 0 Å². The molecule has 0 bridgehead atoms. The fourth-order valence-electron chi connectivity index (χ4n) is 1.30. The number of hydrogen-bond donors (Lipinski definition) is 1. The molecule has 0 fully saturated rings. The van der Waals surface area contributed by atoms with Crippen molar-refractivity contribution in [2.24, 2.45) is 5.73 Å². The molecular formula is C12H10F2N2O. The van der Waals surface area contributed by atoms with Crippen LogP contribution in [0.15, 0.2) is 36.5 Å². The summed E-state index contributed by atoms with van der Waals surface area (Å²) < 4.78 is 31.8. The number of aromatic nitrogens is 1. The van der Waals surface area contributed by atoms with E-state index in [4.69, 9.17) is 10.5 Å². The Labute approximate surface area is 96.9 Å². The molecule has 0 aliphatic heterocycles. The zero-order valence-electron chi connectivity index (χ0n) is 8.86. The molecule has 0 aliphatic carbocycles. The van der Waals surface area contributed by atoms with E-state index >= 15 is 0 Å².